The number of rotatable bonds is 2. The van der Waals surface area contributed by atoms with Crippen molar-refractivity contribution < 1.29 is 9.53 Å². The van der Waals surface area contributed by atoms with Crippen molar-refractivity contribution in [2.75, 3.05) is 26.1 Å². The average molecular weight is 295 g/mol. The number of nitrogens with zero attached hydrogens (tertiary/aromatic N) is 1. The highest BCUT2D eigenvalue weighted by atomic mass is 79.9. The molecule has 0 amide bonds. The van der Waals surface area contributed by atoms with Gasteiger partial charge < -0.3 is 9.64 Å². The Morgan fingerprint density at radius 1 is 1.40 bits per heavy atom. The fraction of sp³-hybridized carbons (Fsp3) is 0.300. The summed E-state index contributed by atoms with van der Waals surface area (Å²) in [5.74, 6) is -0.333. The second kappa shape index (κ2) is 5.98. The van der Waals surface area contributed by atoms with Crippen molar-refractivity contribution in [3.8, 4) is 0 Å². The van der Waals surface area contributed by atoms with E-state index in [0.29, 0.717) is 5.56 Å². The van der Waals surface area contributed by atoms with Crippen LogP contribution in [-0.4, -0.2) is 27.2 Å². The van der Waals surface area contributed by atoms with Crippen molar-refractivity contribution in [2.24, 2.45) is 0 Å². The molecule has 0 saturated heterocycles. The molecular weight excluding hydrogens is 281 g/mol. The van der Waals surface area contributed by atoms with Gasteiger partial charge in [0.1, 0.15) is 0 Å². The summed E-state index contributed by atoms with van der Waals surface area (Å²) in [5.41, 5.74) is 1.51. The Morgan fingerprint density at radius 2 is 2.00 bits per heavy atom. The predicted octanol–water partition coefficient (Wildman–Crippen LogP) is 2.72. The molecule has 1 rings (SSSR count). The number of carbonyl (C=O) groups excluding carboxylic acids is 1. The van der Waals surface area contributed by atoms with Crippen LogP contribution in [0.2, 0.25) is 0 Å². The minimum Gasteiger partial charge on any atom is -0.465 e. The molecule has 1 aromatic rings. The zero-order chi connectivity index (χ0) is 10.7. The summed E-state index contributed by atoms with van der Waals surface area (Å²) in [6.45, 7) is 0. The molecule has 0 saturated carbocycles. The first-order valence-electron chi connectivity index (χ1n) is 4.11. The van der Waals surface area contributed by atoms with Gasteiger partial charge >= 0.3 is 5.97 Å². The van der Waals surface area contributed by atoms with Crippen molar-refractivity contribution in [2.45, 2.75) is 0 Å². The summed E-state index contributed by atoms with van der Waals surface area (Å²) in [5, 5.41) is 0. The monoisotopic (exact) mass is 293 g/mol. The summed E-state index contributed by atoms with van der Waals surface area (Å²) >= 11 is 3.30. The summed E-state index contributed by atoms with van der Waals surface area (Å²) in [6, 6.07) is 5.55. The first kappa shape index (κ1) is 14.3. The highest BCUT2D eigenvalue weighted by molar-refractivity contribution is 9.10. The lowest BCUT2D eigenvalue weighted by Crippen LogP contribution is -2.10. The van der Waals surface area contributed by atoms with Gasteiger partial charge in [-0.2, -0.15) is 0 Å². The number of hydrogen-bond acceptors (Lipinski definition) is 3. The van der Waals surface area contributed by atoms with E-state index in [1.807, 2.05) is 31.1 Å². The number of benzene rings is 1. The van der Waals surface area contributed by atoms with E-state index >= 15 is 0 Å². The fourth-order valence-electron chi connectivity index (χ4n) is 1.06. The van der Waals surface area contributed by atoms with Crippen LogP contribution in [0, 0.1) is 0 Å². The Morgan fingerprint density at radius 3 is 2.47 bits per heavy atom. The molecule has 0 aliphatic heterocycles. The molecule has 0 atom stereocenters. The van der Waals surface area contributed by atoms with Gasteiger partial charge in [-0.1, -0.05) is 0 Å². The third kappa shape index (κ3) is 3.39. The van der Waals surface area contributed by atoms with Gasteiger partial charge in [0.25, 0.3) is 0 Å². The lowest BCUT2D eigenvalue weighted by Gasteiger charge is -2.13. The van der Waals surface area contributed by atoms with E-state index in [2.05, 4.69) is 20.7 Å². The third-order valence-electron chi connectivity index (χ3n) is 1.87. The van der Waals surface area contributed by atoms with E-state index in [9.17, 15) is 4.79 Å². The normalized spacial score (nSPS) is 9.07. The van der Waals surface area contributed by atoms with Crippen LogP contribution in [0.1, 0.15) is 10.4 Å². The number of hydrogen-bond donors (Lipinski definition) is 0. The maximum Gasteiger partial charge on any atom is 0.339 e. The van der Waals surface area contributed by atoms with E-state index in [4.69, 9.17) is 0 Å². The van der Waals surface area contributed by atoms with Gasteiger partial charge in [-0.05, 0) is 34.1 Å². The van der Waals surface area contributed by atoms with Gasteiger partial charge in [-0.15, -0.1) is 12.4 Å². The van der Waals surface area contributed by atoms with Crippen LogP contribution >= 0.6 is 28.3 Å². The standard InChI is InChI=1S/C10H12BrNO2.ClH/c1-12(2)7-4-5-9(11)8(6-7)10(13)14-3;/h4-6H,1-3H3;1H. The minimum absolute atomic E-state index is 0. The first-order chi connectivity index (χ1) is 6.56. The highest BCUT2D eigenvalue weighted by Crippen LogP contribution is 2.23. The Bertz CT molecular complexity index is 355. The molecule has 5 heteroatoms. The lowest BCUT2D eigenvalue weighted by atomic mass is 10.2. The van der Waals surface area contributed by atoms with E-state index < -0.39 is 0 Å². The molecule has 15 heavy (non-hydrogen) atoms. The van der Waals surface area contributed by atoms with Gasteiger partial charge in [0.15, 0.2) is 0 Å². The molecule has 0 bridgehead atoms. The van der Waals surface area contributed by atoms with Crippen molar-refractivity contribution in [1.29, 1.82) is 0 Å². The Labute approximate surface area is 104 Å². The van der Waals surface area contributed by atoms with Crippen LogP contribution in [-0.2, 0) is 4.74 Å². The van der Waals surface area contributed by atoms with Gasteiger partial charge in [0, 0.05) is 24.3 Å². The molecule has 0 aromatic heterocycles. The number of methoxy groups -OCH3 is 1. The smallest absolute Gasteiger partial charge is 0.339 e. The average Bonchev–Trinajstić information content (AvgIpc) is 2.17. The van der Waals surface area contributed by atoms with Crippen LogP contribution in [0.15, 0.2) is 22.7 Å². The van der Waals surface area contributed by atoms with Gasteiger partial charge in [-0.25, -0.2) is 4.79 Å². The Balaban J connectivity index is 0.00000196. The van der Waals surface area contributed by atoms with Crippen LogP contribution in [0.5, 0.6) is 0 Å². The Hall–Kier alpha value is -0.740. The number of halogens is 2. The van der Waals surface area contributed by atoms with Crippen molar-refractivity contribution >= 4 is 40.0 Å². The number of carbonyl (C=O) groups is 1. The SMILES string of the molecule is COC(=O)c1cc(N(C)C)ccc1Br.Cl. The minimum atomic E-state index is -0.333. The topological polar surface area (TPSA) is 29.5 Å². The van der Waals surface area contributed by atoms with Crippen LogP contribution < -0.4 is 4.90 Å². The summed E-state index contributed by atoms with van der Waals surface area (Å²) in [4.78, 5) is 13.3. The van der Waals surface area contributed by atoms with Gasteiger partial charge in [-0.3, -0.25) is 0 Å². The quantitative estimate of drug-likeness (QED) is 0.786. The molecule has 0 spiro atoms. The molecule has 1 aromatic carbocycles. The highest BCUT2D eigenvalue weighted by Gasteiger charge is 2.11. The zero-order valence-corrected chi connectivity index (χ0v) is 11.2. The molecule has 0 fully saturated rings. The second-order valence-electron chi connectivity index (χ2n) is 3.05. The fourth-order valence-corrected chi connectivity index (χ4v) is 1.47. The number of ether oxygens (including phenoxy) is 1. The zero-order valence-electron chi connectivity index (χ0n) is 8.78. The molecular formula is C10H13BrClNO2. The Kier molecular flexibility index (Phi) is 5.68. The van der Waals surface area contributed by atoms with Crippen molar-refractivity contribution in [3.63, 3.8) is 0 Å². The molecule has 0 aliphatic carbocycles. The number of anilines is 1. The van der Waals surface area contributed by atoms with Crippen LogP contribution in [0.3, 0.4) is 0 Å². The molecule has 0 unspecified atom stereocenters. The lowest BCUT2D eigenvalue weighted by molar-refractivity contribution is 0.0600. The van der Waals surface area contributed by atoms with Crippen molar-refractivity contribution in [1.82, 2.24) is 0 Å². The summed E-state index contributed by atoms with van der Waals surface area (Å²) in [7, 11) is 5.21. The van der Waals surface area contributed by atoms with E-state index in [1.165, 1.54) is 7.11 Å². The predicted molar refractivity (Wildman–Crippen MR) is 67.1 cm³/mol. The van der Waals surface area contributed by atoms with E-state index in [-0.39, 0.29) is 18.4 Å². The first-order valence-corrected chi connectivity index (χ1v) is 4.90. The molecule has 3 nitrogen and oxygen atoms in total. The maximum atomic E-state index is 11.3. The van der Waals surface area contributed by atoms with E-state index in [0.717, 1.165) is 10.2 Å². The largest absolute Gasteiger partial charge is 0.465 e. The second-order valence-corrected chi connectivity index (χ2v) is 3.90. The van der Waals surface area contributed by atoms with Crippen LogP contribution in [0.25, 0.3) is 0 Å². The third-order valence-corrected chi connectivity index (χ3v) is 2.56. The van der Waals surface area contributed by atoms with E-state index in [1.54, 1.807) is 6.07 Å². The van der Waals surface area contributed by atoms with Gasteiger partial charge in [0.2, 0.25) is 0 Å². The summed E-state index contributed by atoms with van der Waals surface area (Å²) < 4.78 is 5.41. The van der Waals surface area contributed by atoms with Crippen LogP contribution in [0.4, 0.5) is 5.69 Å². The molecule has 0 N–H and O–H groups in total. The molecule has 84 valence electrons. The summed E-state index contributed by atoms with van der Waals surface area (Å²) in [6.07, 6.45) is 0. The van der Waals surface area contributed by atoms with Gasteiger partial charge in [0.05, 0.1) is 12.7 Å². The number of esters is 1. The molecule has 0 radical (unpaired) electrons. The molecule has 0 aliphatic rings. The maximum absolute atomic E-state index is 11.3. The molecule has 0 heterocycles. The van der Waals surface area contributed by atoms with Crippen molar-refractivity contribution in [3.05, 3.63) is 28.2 Å².